The van der Waals surface area contributed by atoms with Crippen LogP contribution in [0.15, 0.2) is 18.3 Å². The topological polar surface area (TPSA) is 88.5 Å². The van der Waals surface area contributed by atoms with Crippen LogP contribution in [0.1, 0.15) is 30.6 Å². The third-order valence-corrected chi connectivity index (χ3v) is 2.15. The van der Waals surface area contributed by atoms with E-state index in [1.54, 1.807) is 26.0 Å². The average Bonchev–Trinajstić information content (AvgIpc) is 2.29. The smallest absolute Gasteiger partial charge is 0.339 e. The zero-order chi connectivity index (χ0) is 13.5. The van der Waals surface area contributed by atoms with Gasteiger partial charge in [0.2, 0.25) is 0 Å². The second-order valence-electron chi connectivity index (χ2n) is 3.80. The fraction of sp³-hybridized carbons (Fsp3) is 0.417. The van der Waals surface area contributed by atoms with Gasteiger partial charge in [-0.15, -0.1) is 0 Å². The van der Waals surface area contributed by atoms with Crippen molar-refractivity contribution in [1.29, 1.82) is 0 Å². The Labute approximate surface area is 105 Å². The number of carbonyl (C=O) groups excluding carboxylic acids is 1. The monoisotopic (exact) mass is 252 g/mol. The molecule has 6 nitrogen and oxygen atoms in total. The van der Waals surface area contributed by atoms with Crippen LogP contribution in [0, 0.1) is 0 Å². The van der Waals surface area contributed by atoms with Crippen LogP contribution in [0.4, 0.5) is 5.82 Å². The number of nitrogens with zero attached hydrogens (tertiary/aromatic N) is 1. The summed E-state index contributed by atoms with van der Waals surface area (Å²) in [6, 6.07) is 2.97. The standard InChI is InChI=1S/C12H16N2O4/c1-3-18-12(17)9-4-5-10(13-7-9)14-8(2)6-11(15)16/h4-5,7-8H,3,6H2,1-2H3,(H,13,14)(H,15,16). The first-order valence-electron chi connectivity index (χ1n) is 5.64. The van der Waals surface area contributed by atoms with E-state index in [4.69, 9.17) is 9.84 Å². The Morgan fingerprint density at radius 1 is 1.50 bits per heavy atom. The number of pyridine rings is 1. The second kappa shape index (κ2) is 6.58. The summed E-state index contributed by atoms with van der Waals surface area (Å²) in [5.74, 6) is -0.773. The summed E-state index contributed by atoms with van der Waals surface area (Å²) in [7, 11) is 0. The van der Waals surface area contributed by atoms with E-state index in [0.29, 0.717) is 18.0 Å². The Kier molecular flexibility index (Phi) is 5.10. The van der Waals surface area contributed by atoms with Crippen LogP contribution in [0.3, 0.4) is 0 Å². The Hall–Kier alpha value is -2.11. The maximum atomic E-state index is 11.4. The molecule has 0 saturated heterocycles. The van der Waals surface area contributed by atoms with Crippen molar-refractivity contribution in [1.82, 2.24) is 4.98 Å². The van der Waals surface area contributed by atoms with Gasteiger partial charge in [-0.2, -0.15) is 0 Å². The number of carboxylic acid groups (broad SMARTS) is 1. The fourth-order valence-corrected chi connectivity index (χ4v) is 1.38. The van der Waals surface area contributed by atoms with E-state index in [1.165, 1.54) is 6.20 Å². The summed E-state index contributed by atoms with van der Waals surface area (Å²) in [5, 5.41) is 11.5. The molecule has 98 valence electrons. The van der Waals surface area contributed by atoms with Crippen molar-refractivity contribution in [3.05, 3.63) is 23.9 Å². The lowest BCUT2D eigenvalue weighted by atomic mass is 10.2. The van der Waals surface area contributed by atoms with Crippen LogP contribution in [0.5, 0.6) is 0 Å². The fourth-order valence-electron chi connectivity index (χ4n) is 1.38. The number of ether oxygens (including phenoxy) is 1. The molecule has 1 heterocycles. The van der Waals surface area contributed by atoms with Gasteiger partial charge in [-0.05, 0) is 26.0 Å². The van der Waals surface area contributed by atoms with Crippen molar-refractivity contribution in [3.8, 4) is 0 Å². The van der Waals surface area contributed by atoms with Gasteiger partial charge in [0.15, 0.2) is 0 Å². The quantitative estimate of drug-likeness (QED) is 0.746. The van der Waals surface area contributed by atoms with E-state index < -0.39 is 11.9 Å². The van der Waals surface area contributed by atoms with Crippen molar-refractivity contribution in [2.45, 2.75) is 26.3 Å². The van der Waals surface area contributed by atoms with Gasteiger partial charge in [-0.1, -0.05) is 0 Å². The molecule has 1 aromatic rings. The van der Waals surface area contributed by atoms with Crippen LogP contribution < -0.4 is 5.32 Å². The largest absolute Gasteiger partial charge is 0.481 e. The van der Waals surface area contributed by atoms with Crippen molar-refractivity contribution < 1.29 is 19.4 Å². The number of hydrogen-bond acceptors (Lipinski definition) is 5. The van der Waals surface area contributed by atoms with Crippen LogP contribution >= 0.6 is 0 Å². The second-order valence-corrected chi connectivity index (χ2v) is 3.80. The van der Waals surface area contributed by atoms with E-state index in [9.17, 15) is 9.59 Å². The summed E-state index contributed by atoms with van der Waals surface area (Å²) in [6.45, 7) is 3.79. The third-order valence-electron chi connectivity index (χ3n) is 2.15. The first-order valence-corrected chi connectivity index (χ1v) is 5.64. The number of esters is 1. The molecular weight excluding hydrogens is 236 g/mol. The molecule has 0 radical (unpaired) electrons. The van der Waals surface area contributed by atoms with E-state index in [1.807, 2.05) is 0 Å². The minimum absolute atomic E-state index is 0.00130. The number of carbonyl (C=O) groups is 2. The molecule has 1 unspecified atom stereocenters. The highest BCUT2D eigenvalue weighted by Crippen LogP contribution is 2.08. The number of aliphatic carboxylic acids is 1. The average molecular weight is 252 g/mol. The normalized spacial score (nSPS) is 11.7. The maximum absolute atomic E-state index is 11.4. The summed E-state index contributed by atoms with van der Waals surface area (Å²) in [6.07, 6.45) is 1.40. The number of aromatic nitrogens is 1. The van der Waals surface area contributed by atoms with Crippen molar-refractivity contribution in [2.75, 3.05) is 11.9 Å². The Bertz CT molecular complexity index is 417. The van der Waals surface area contributed by atoms with Crippen LogP contribution in [-0.4, -0.2) is 34.7 Å². The van der Waals surface area contributed by atoms with E-state index in [2.05, 4.69) is 10.3 Å². The molecule has 0 aliphatic carbocycles. The molecule has 0 saturated carbocycles. The Morgan fingerprint density at radius 2 is 2.22 bits per heavy atom. The number of hydrogen-bond donors (Lipinski definition) is 2. The molecule has 0 spiro atoms. The number of nitrogens with one attached hydrogen (secondary N) is 1. The van der Waals surface area contributed by atoms with Gasteiger partial charge < -0.3 is 15.2 Å². The number of rotatable bonds is 6. The van der Waals surface area contributed by atoms with Gasteiger partial charge in [-0.3, -0.25) is 4.79 Å². The van der Waals surface area contributed by atoms with Crippen molar-refractivity contribution in [3.63, 3.8) is 0 Å². The van der Waals surface area contributed by atoms with E-state index in [0.717, 1.165) is 0 Å². The van der Waals surface area contributed by atoms with Gasteiger partial charge in [0.1, 0.15) is 5.82 Å². The molecule has 18 heavy (non-hydrogen) atoms. The lowest BCUT2D eigenvalue weighted by molar-refractivity contribution is -0.137. The molecule has 0 fully saturated rings. The Balaban J connectivity index is 2.60. The van der Waals surface area contributed by atoms with Gasteiger partial charge in [-0.25, -0.2) is 9.78 Å². The minimum atomic E-state index is -0.877. The Morgan fingerprint density at radius 3 is 2.72 bits per heavy atom. The zero-order valence-corrected chi connectivity index (χ0v) is 10.3. The highest BCUT2D eigenvalue weighted by Gasteiger charge is 2.09. The summed E-state index contributed by atoms with van der Waals surface area (Å²) < 4.78 is 4.82. The SMILES string of the molecule is CCOC(=O)c1ccc(NC(C)CC(=O)O)nc1. The molecule has 1 rings (SSSR count). The molecule has 1 aromatic heterocycles. The van der Waals surface area contributed by atoms with Gasteiger partial charge in [0, 0.05) is 12.2 Å². The molecule has 0 amide bonds. The highest BCUT2D eigenvalue weighted by molar-refractivity contribution is 5.89. The first kappa shape index (κ1) is 14.0. The molecule has 2 N–H and O–H groups in total. The van der Waals surface area contributed by atoms with Crippen LogP contribution in [-0.2, 0) is 9.53 Å². The molecule has 0 aromatic carbocycles. The molecule has 0 aliphatic rings. The van der Waals surface area contributed by atoms with Gasteiger partial charge >= 0.3 is 11.9 Å². The molecule has 1 atom stereocenters. The summed E-state index contributed by atoms with van der Waals surface area (Å²) in [4.78, 5) is 25.9. The maximum Gasteiger partial charge on any atom is 0.339 e. The van der Waals surface area contributed by atoms with Gasteiger partial charge in [0.25, 0.3) is 0 Å². The predicted molar refractivity (Wildman–Crippen MR) is 65.5 cm³/mol. The molecular formula is C12H16N2O4. The number of anilines is 1. The van der Waals surface area contributed by atoms with E-state index in [-0.39, 0.29) is 12.5 Å². The lowest BCUT2D eigenvalue weighted by Crippen LogP contribution is -2.20. The van der Waals surface area contributed by atoms with Crippen molar-refractivity contribution in [2.24, 2.45) is 0 Å². The first-order chi connectivity index (χ1) is 8.52. The molecule has 0 aliphatic heterocycles. The molecule has 6 heteroatoms. The summed E-state index contributed by atoms with van der Waals surface area (Å²) in [5.41, 5.74) is 0.369. The van der Waals surface area contributed by atoms with Crippen LogP contribution in [0.25, 0.3) is 0 Å². The predicted octanol–water partition coefficient (Wildman–Crippen LogP) is 1.53. The highest BCUT2D eigenvalue weighted by atomic mass is 16.5. The number of carboxylic acids is 1. The zero-order valence-electron chi connectivity index (χ0n) is 10.3. The van der Waals surface area contributed by atoms with E-state index >= 15 is 0 Å². The van der Waals surface area contributed by atoms with Crippen LogP contribution in [0.2, 0.25) is 0 Å². The van der Waals surface area contributed by atoms with Crippen molar-refractivity contribution >= 4 is 17.8 Å². The third kappa shape index (κ3) is 4.40. The molecule has 0 bridgehead atoms. The minimum Gasteiger partial charge on any atom is -0.481 e. The summed E-state index contributed by atoms with van der Waals surface area (Å²) >= 11 is 0. The van der Waals surface area contributed by atoms with Gasteiger partial charge in [0.05, 0.1) is 18.6 Å². The lowest BCUT2D eigenvalue weighted by Gasteiger charge is -2.12.